The lowest BCUT2D eigenvalue weighted by Gasteiger charge is -2.27. The van der Waals surface area contributed by atoms with Crippen LogP contribution in [0.25, 0.3) is 0 Å². The summed E-state index contributed by atoms with van der Waals surface area (Å²) in [4.78, 5) is 2.09. The Kier molecular flexibility index (Phi) is 7.28. The van der Waals surface area contributed by atoms with Crippen molar-refractivity contribution in [3.05, 3.63) is 0 Å². The molecule has 0 spiro atoms. The van der Waals surface area contributed by atoms with E-state index in [-0.39, 0.29) is 11.8 Å². The summed E-state index contributed by atoms with van der Waals surface area (Å²) in [6.45, 7) is 4.99. The Labute approximate surface area is 118 Å². The Morgan fingerprint density at radius 1 is 1.21 bits per heavy atom. The van der Waals surface area contributed by atoms with Crippen LogP contribution in [0.15, 0.2) is 0 Å². The minimum Gasteiger partial charge on any atom is -0.313 e. The van der Waals surface area contributed by atoms with E-state index < -0.39 is 10.0 Å². The maximum absolute atomic E-state index is 12.4. The van der Waals surface area contributed by atoms with E-state index >= 15 is 0 Å². The molecule has 1 atom stereocenters. The summed E-state index contributed by atoms with van der Waals surface area (Å²) in [6, 6.07) is 0.140. The number of hydrogen-bond acceptors (Lipinski definition) is 4. The van der Waals surface area contributed by atoms with Gasteiger partial charge in [-0.1, -0.05) is 13.3 Å². The molecule has 0 aromatic carbocycles. The average Bonchev–Trinajstić information content (AvgIpc) is 2.34. The molecule has 1 unspecified atom stereocenters. The van der Waals surface area contributed by atoms with Crippen LogP contribution < -0.4 is 5.32 Å². The van der Waals surface area contributed by atoms with E-state index in [1.165, 1.54) is 0 Å². The van der Waals surface area contributed by atoms with Crippen LogP contribution in [-0.4, -0.2) is 69.7 Å². The summed E-state index contributed by atoms with van der Waals surface area (Å²) in [5, 5.41) is 3.31. The summed E-state index contributed by atoms with van der Waals surface area (Å²) in [5.74, 6) is 0.253. The van der Waals surface area contributed by atoms with Crippen molar-refractivity contribution in [2.45, 2.75) is 38.6 Å². The molecule has 1 saturated heterocycles. The predicted molar refractivity (Wildman–Crippen MR) is 79.8 cm³/mol. The van der Waals surface area contributed by atoms with Gasteiger partial charge in [0.05, 0.1) is 5.75 Å². The highest BCUT2D eigenvalue weighted by Gasteiger charge is 2.25. The quantitative estimate of drug-likeness (QED) is 0.716. The first kappa shape index (κ1) is 16.9. The van der Waals surface area contributed by atoms with Crippen molar-refractivity contribution < 1.29 is 8.42 Å². The van der Waals surface area contributed by atoms with E-state index in [4.69, 9.17) is 0 Å². The number of sulfonamides is 1. The van der Waals surface area contributed by atoms with Crippen molar-refractivity contribution in [3.8, 4) is 0 Å². The highest BCUT2D eigenvalue weighted by atomic mass is 32.2. The molecule has 0 aliphatic carbocycles. The van der Waals surface area contributed by atoms with E-state index in [9.17, 15) is 8.42 Å². The first-order chi connectivity index (χ1) is 8.95. The van der Waals surface area contributed by atoms with E-state index in [0.29, 0.717) is 13.1 Å². The number of nitrogens with one attached hydrogen (secondary N) is 1. The lowest BCUT2D eigenvalue weighted by atomic mass is 10.1. The predicted octanol–water partition coefficient (Wildman–Crippen LogP) is 0.732. The minimum atomic E-state index is -3.12. The van der Waals surface area contributed by atoms with Gasteiger partial charge in [-0.15, -0.1) is 0 Å². The Bertz CT molecular complexity index is 338. The molecule has 0 amide bonds. The van der Waals surface area contributed by atoms with Crippen LogP contribution >= 0.6 is 0 Å². The average molecular weight is 291 g/mol. The van der Waals surface area contributed by atoms with Crippen molar-refractivity contribution in [1.29, 1.82) is 0 Å². The van der Waals surface area contributed by atoms with Gasteiger partial charge in [-0.05, 0) is 46.4 Å². The molecule has 1 N–H and O–H groups in total. The molecular formula is C13H29N3O2S. The van der Waals surface area contributed by atoms with Gasteiger partial charge in [-0.2, -0.15) is 0 Å². The summed E-state index contributed by atoms with van der Waals surface area (Å²) in [6.07, 6.45) is 4.17. The molecule has 6 heteroatoms. The van der Waals surface area contributed by atoms with Crippen LogP contribution in [0.3, 0.4) is 0 Å². The summed E-state index contributed by atoms with van der Waals surface area (Å²) in [7, 11) is 0.904. The second-order valence-electron chi connectivity index (χ2n) is 5.57. The molecule has 114 valence electrons. The standard InChI is InChI=1S/C13H29N3O2S/c1-4-16(11-7-10-15(2)3)19(17,18)12-13-8-5-6-9-14-13/h13-14H,4-12H2,1-3H3. The largest absolute Gasteiger partial charge is 0.313 e. The fourth-order valence-electron chi connectivity index (χ4n) is 2.48. The molecule has 0 bridgehead atoms. The van der Waals surface area contributed by atoms with Crippen LogP contribution in [0.1, 0.15) is 32.6 Å². The van der Waals surface area contributed by atoms with Gasteiger partial charge in [0.2, 0.25) is 10.0 Å². The van der Waals surface area contributed by atoms with Crippen molar-refractivity contribution in [2.75, 3.05) is 46.0 Å². The SMILES string of the molecule is CCN(CCCN(C)C)S(=O)(=O)CC1CCCCN1. The summed E-state index contributed by atoms with van der Waals surface area (Å²) < 4.78 is 26.4. The molecule has 0 radical (unpaired) electrons. The van der Waals surface area contributed by atoms with Crippen molar-refractivity contribution >= 4 is 10.0 Å². The van der Waals surface area contributed by atoms with Crippen LogP contribution in [0.4, 0.5) is 0 Å². The number of nitrogens with zero attached hydrogens (tertiary/aromatic N) is 2. The molecule has 0 aromatic heterocycles. The molecule has 1 aliphatic rings. The van der Waals surface area contributed by atoms with Crippen molar-refractivity contribution in [1.82, 2.24) is 14.5 Å². The number of piperidine rings is 1. The van der Waals surface area contributed by atoms with Crippen LogP contribution in [0, 0.1) is 0 Å². The number of rotatable bonds is 8. The van der Waals surface area contributed by atoms with Crippen LogP contribution in [-0.2, 0) is 10.0 Å². The van der Waals surface area contributed by atoms with Gasteiger partial charge in [-0.25, -0.2) is 12.7 Å². The molecular weight excluding hydrogens is 262 g/mol. The Morgan fingerprint density at radius 2 is 1.95 bits per heavy atom. The Morgan fingerprint density at radius 3 is 2.47 bits per heavy atom. The first-order valence-corrected chi connectivity index (χ1v) is 8.92. The smallest absolute Gasteiger partial charge is 0.215 e. The van der Waals surface area contributed by atoms with Crippen LogP contribution in [0.2, 0.25) is 0 Å². The molecule has 1 fully saturated rings. The monoisotopic (exact) mass is 291 g/mol. The van der Waals surface area contributed by atoms with E-state index in [1.54, 1.807) is 4.31 Å². The molecule has 0 saturated carbocycles. The second kappa shape index (κ2) is 8.19. The normalized spacial score (nSPS) is 21.2. The third-order valence-corrected chi connectivity index (χ3v) is 5.63. The van der Waals surface area contributed by atoms with Gasteiger partial charge in [0.15, 0.2) is 0 Å². The third kappa shape index (κ3) is 6.21. The van der Waals surface area contributed by atoms with Crippen molar-refractivity contribution in [2.24, 2.45) is 0 Å². The fraction of sp³-hybridized carbons (Fsp3) is 1.00. The fourth-order valence-corrected chi connectivity index (χ4v) is 4.29. The molecule has 5 nitrogen and oxygen atoms in total. The lowest BCUT2D eigenvalue weighted by molar-refractivity contribution is 0.352. The van der Waals surface area contributed by atoms with Gasteiger partial charge in [-0.3, -0.25) is 0 Å². The zero-order valence-corrected chi connectivity index (χ0v) is 13.4. The van der Waals surface area contributed by atoms with E-state index in [0.717, 1.165) is 38.8 Å². The highest BCUT2D eigenvalue weighted by Crippen LogP contribution is 2.12. The lowest BCUT2D eigenvalue weighted by Crippen LogP contribution is -2.44. The van der Waals surface area contributed by atoms with E-state index in [2.05, 4.69) is 10.2 Å². The van der Waals surface area contributed by atoms with Gasteiger partial charge >= 0.3 is 0 Å². The molecule has 0 aromatic rings. The third-order valence-electron chi connectivity index (χ3n) is 3.58. The van der Waals surface area contributed by atoms with Crippen LogP contribution in [0.5, 0.6) is 0 Å². The highest BCUT2D eigenvalue weighted by molar-refractivity contribution is 7.89. The maximum atomic E-state index is 12.4. The molecule has 19 heavy (non-hydrogen) atoms. The van der Waals surface area contributed by atoms with Gasteiger partial charge in [0.1, 0.15) is 0 Å². The first-order valence-electron chi connectivity index (χ1n) is 7.31. The maximum Gasteiger partial charge on any atom is 0.215 e. The topological polar surface area (TPSA) is 52.7 Å². The van der Waals surface area contributed by atoms with Gasteiger partial charge in [0.25, 0.3) is 0 Å². The van der Waals surface area contributed by atoms with E-state index in [1.807, 2.05) is 21.0 Å². The molecule has 1 rings (SSSR count). The molecule has 1 heterocycles. The second-order valence-corrected chi connectivity index (χ2v) is 7.59. The Hall–Kier alpha value is -0.170. The summed E-state index contributed by atoms with van der Waals surface area (Å²) in [5.41, 5.74) is 0. The van der Waals surface area contributed by atoms with Gasteiger partial charge < -0.3 is 10.2 Å². The zero-order valence-electron chi connectivity index (χ0n) is 12.6. The Balaban J connectivity index is 2.46. The number of hydrogen-bond donors (Lipinski definition) is 1. The zero-order chi connectivity index (χ0) is 14.3. The summed E-state index contributed by atoms with van der Waals surface area (Å²) >= 11 is 0. The molecule has 1 aliphatic heterocycles. The minimum absolute atomic E-state index is 0.140. The van der Waals surface area contributed by atoms with Gasteiger partial charge in [0, 0.05) is 19.1 Å². The van der Waals surface area contributed by atoms with Crippen molar-refractivity contribution in [3.63, 3.8) is 0 Å².